The summed E-state index contributed by atoms with van der Waals surface area (Å²) in [5.41, 5.74) is 1.92. The Morgan fingerprint density at radius 2 is 1.74 bits per heavy atom. The molecule has 1 aliphatic rings. The molecule has 0 saturated heterocycles. The first-order chi connectivity index (χ1) is 13.0. The Morgan fingerprint density at radius 1 is 1.07 bits per heavy atom. The van der Waals surface area contributed by atoms with Crippen molar-refractivity contribution < 1.29 is 19.1 Å². The average molecular weight is 367 g/mol. The van der Waals surface area contributed by atoms with Gasteiger partial charge in [-0.05, 0) is 61.6 Å². The standard InChI is InChI=1S/C22H25NO4/c1-15(17-9-10-17)23(14-16-7-11-20(26-2)12-8-16)21(24)18-5-4-6-19(13-18)22(25)27-3/h4-8,11-13,15,17H,9-10,14H2,1-3H3. The Balaban J connectivity index is 1.85. The lowest BCUT2D eigenvalue weighted by molar-refractivity contribution is 0.0600. The van der Waals surface area contributed by atoms with Crippen LogP contribution in [-0.4, -0.2) is 37.0 Å². The number of benzene rings is 2. The zero-order chi connectivity index (χ0) is 19.4. The molecule has 2 aromatic carbocycles. The molecule has 1 unspecified atom stereocenters. The Labute approximate surface area is 159 Å². The molecule has 1 fully saturated rings. The van der Waals surface area contributed by atoms with Crippen LogP contribution in [0, 0.1) is 5.92 Å². The minimum atomic E-state index is -0.443. The summed E-state index contributed by atoms with van der Waals surface area (Å²) in [5.74, 6) is 0.811. The van der Waals surface area contributed by atoms with Crippen molar-refractivity contribution in [2.75, 3.05) is 14.2 Å². The van der Waals surface area contributed by atoms with Gasteiger partial charge in [-0.2, -0.15) is 0 Å². The van der Waals surface area contributed by atoms with E-state index in [2.05, 4.69) is 6.92 Å². The molecule has 0 spiro atoms. The van der Waals surface area contributed by atoms with E-state index < -0.39 is 5.97 Å². The van der Waals surface area contributed by atoms with Crippen LogP contribution in [-0.2, 0) is 11.3 Å². The smallest absolute Gasteiger partial charge is 0.337 e. The van der Waals surface area contributed by atoms with Gasteiger partial charge in [-0.1, -0.05) is 18.2 Å². The van der Waals surface area contributed by atoms with Gasteiger partial charge in [0.25, 0.3) is 5.91 Å². The van der Waals surface area contributed by atoms with E-state index in [1.807, 2.05) is 29.2 Å². The molecule has 5 nitrogen and oxygen atoms in total. The number of hydrogen-bond donors (Lipinski definition) is 0. The normalized spacial score (nSPS) is 14.3. The molecule has 2 aromatic rings. The zero-order valence-electron chi connectivity index (χ0n) is 16.0. The third kappa shape index (κ3) is 4.48. The Kier molecular flexibility index (Phi) is 5.79. The predicted octanol–water partition coefficient (Wildman–Crippen LogP) is 3.92. The van der Waals surface area contributed by atoms with Crippen LogP contribution in [0.4, 0.5) is 0 Å². The predicted molar refractivity (Wildman–Crippen MR) is 103 cm³/mol. The van der Waals surface area contributed by atoms with E-state index in [9.17, 15) is 9.59 Å². The summed E-state index contributed by atoms with van der Waals surface area (Å²) in [5, 5.41) is 0. The highest BCUT2D eigenvalue weighted by molar-refractivity contribution is 5.98. The summed E-state index contributed by atoms with van der Waals surface area (Å²) in [6.45, 7) is 2.62. The number of hydrogen-bond acceptors (Lipinski definition) is 4. The lowest BCUT2D eigenvalue weighted by Crippen LogP contribution is -2.39. The monoisotopic (exact) mass is 367 g/mol. The highest BCUT2D eigenvalue weighted by Crippen LogP contribution is 2.36. The van der Waals surface area contributed by atoms with Crippen molar-refractivity contribution in [3.8, 4) is 5.75 Å². The lowest BCUT2D eigenvalue weighted by Gasteiger charge is -2.30. The Hall–Kier alpha value is -2.82. The molecular formula is C22H25NO4. The van der Waals surface area contributed by atoms with E-state index in [-0.39, 0.29) is 11.9 Å². The van der Waals surface area contributed by atoms with Crippen molar-refractivity contribution in [1.29, 1.82) is 0 Å². The zero-order valence-corrected chi connectivity index (χ0v) is 16.0. The number of methoxy groups -OCH3 is 2. The van der Waals surface area contributed by atoms with Gasteiger partial charge in [-0.15, -0.1) is 0 Å². The van der Waals surface area contributed by atoms with Gasteiger partial charge in [0.05, 0.1) is 19.8 Å². The van der Waals surface area contributed by atoms with E-state index in [4.69, 9.17) is 9.47 Å². The van der Waals surface area contributed by atoms with Gasteiger partial charge in [-0.3, -0.25) is 4.79 Å². The number of esters is 1. The molecule has 1 aliphatic carbocycles. The molecule has 0 bridgehead atoms. The first kappa shape index (κ1) is 19.0. The highest BCUT2D eigenvalue weighted by atomic mass is 16.5. The third-order valence-electron chi connectivity index (χ3n) is 5.10. The molecule has 0 aliphatic heterocycles. The molecule has 0 heterocycles. The Morgan fingerprint density at radius 3 is 2.33 bits per heavy atom. The van der Waals surface area contributed by atoms with E-state index in [1.165, 1.54) is 7.11 Å². The molecule has 3 rings (SSSR count). The molecule has 0 aromatic heterocycles. The van der Waals surface area contributed by atoms with Crippen molar-refractivity contribution in [2.45, 2.75) is 32.4 Å². The van der Waals surface area contributed by atoms with E-state index >= 15 is 0 Å². The fourth-order valence-electron chi connectivity index (χ4n) is 3.22. The second kappa shape index (κ2) is 8.25. The summed E-state index contributed by atoms with van der Waals surface area (Å²) in [4.78, 5) is 27.0. The first-order valence-corrected chi connectivity index (χ1v) is 9.15. The minimum Gasteiger partial charge on any atom is -0.497 e. The highest BCUT2D eigenvalue weighted by Gasteiger charge is 2.34. The Bertz CT molecular complexity index is 811. The summed E-state index contributed by atoms with van der Waals surface area (Å²) < 4.78 is 9.98. The van der Waals surface area contributed by atoms with Crippen molar-refractivity contribution in [2.24, 2.45) is 5.92 Å². The van der Waals surface area contributed by atoms with Crippen molar-refractivity contribution in [1.82, 2.24) is 4.90 Å². The van der Waals surface area contributed by atoms with Gasteiger partial charge >= 0.3 is 5.97 Å². The molecule has 27 heavy (non-hydrogen) atoms. The molecular weight excluding hydrogens is 342 g/mol. The van der Waals surface area contributed by atoms with Crippen molar-refractivity contribution in [3.05, 3.63) is 65.2 Å². The topological polar surface area (TPSA) is 55.8 Å². The molecule has 1 amide bonds. The number of amides is 1. The first-order valence-electron chi connectivity index (χ1n) is 9.15. The van der Waals surface area contributed by atoms with E-state index in [0.717, 1.165) is 24.2 Å². The van der Waals surface area contributed by atoms with Crippen LogP contribution in [0.3, 0.4) is 0 Å². The SMILES string of the molecule is COC(=O)c1cccc(C(=O)N(Cc2ccc(OC)cc2)C(C)C2CC2)c1. The molecule has 142 valence electrons. The summed E-state index contributed by atoms with van der Waals surface area (Å²) in [6.07, 6.45) is 2.30. The molecule has 0 radical (unpaired) electrons. The maximum atomic E-state index is 13.3. The minimum absolute atomic E-state index is 0.0732. The molecule has 1 saturated carbocycles. The molecule has 1 atom stereocenters. The number of nitrogens with zero attached hydrogens (tertiary/aromatic N) is 1. The van der Waals surface area contributed by atoms with Gasteiger partial charge in [-0.25, -0.2) is 4.79 Å². The third-order valence-corrected chi connectivity index (χ3v) is 5.10. The molecule has 5 heteroatoms. The van der Waals surface area contributed by atoms with Crippen LogP contribution in [0.15, 0.2) is 48.5 Å². The van der Waals surface area contributed by atoms with Crippen LogP contribution in [0.5, 0.6) is 5.75 Å². The maximum absolute atomic E-state index is 13.3. The van der Waals surface area contributed by atoms with Crippen LogP contribution in [0.1, 0.15) is 46.0 Å². The van der Waals surface area contributed by atoms with Gasteiger partial charge in [0.15, 0.2) is 0 Å². The maximum Gasteiger partial charge on any atom is 0.337 e. The lowest BCUT2D eigenvalue weighted by atomic mass is 10.1. The summed E-state index contributed by atoms with van der Waals surface area (Å²) >= 11 is 0. The number of ether oxygens (including phenoxy) is 2. The largest absolute Gasteiger partial charge is 0.497 e. The van der Waals surface area contributed by atoms with Crippen LogP contribution in [0.25, 0.3) is 0 Å². The van der Waals surface area contributed by atoms with Crippen molar-refractivity contribution in [3.63, 3.8) is 0 Å². The van der Waals surface area contributed by atoms with E-state index in [1.54, 1.807) is 31.4 Å². The second-order valence-electron chi connectivity index (χ2n) is 6.93. The van der Waals surface area contributed by atoms with Crippen molar-refractivity contribution >= 4 is 11.9 Å². The number of carbonyl (C=O) groups excluding carboxylic acids is 2. The van der Waals surface area contributed by atoms with E-state index in [0.29, 0.717) is 23.6 Å². The van der Waals surface area contributed by atoms with Crippen LogP contribution >= 0.6 is 0 Å². The quantitative estimate of drug-likeness (QED) is 0.696. The second-order valence-corrected chi connectivity index (χ2v) is 6.93. The van der Waals surface area contributed by atoms with Gasteiger partial charge in [0, 0.05) is 18.2 Å². The summed E-state index contributed by atoms with van der Waals surface area (Å²) in [7, 11) is 2.97. The fourth-order valence-corrected chi connectivity index (χ4v) is 3.22. The average Bonchev–Trinajstić information content (AvgIpc) is 3.56. The van der Waals surface area contributed by atoms with Gasteiger partial charge in [0.2, 0.25) is 0 Å². The number of carbonyl (C=O) groups is 2. The van der Waals surface area contributed by atoms with Gasteiger partial charge in [0.1, 0.15) is 5.75 Å². The van der Waals surface area contributed by atoms with Crippen LogP contribution < -0.4 is 4.74 Å². The van der Waals surface area contributed by atoms with Crippen LogP contribution in [0.2, 0.25) is 0 Å². The number of rotatable bonds is 7. The summed E-state index contributed by atoms with van der Waals surface area (Å²) in [6, 6.07) is 14.6. The fraction of sp³-hybridized carbons (Fsp3) is 0.364. The molecule has 0 N–H and O–H groups in total. The van der Waals surface area contributed by atoms with Gasteiger partial charge < -0.3 is 14.4 Å².